The predicted molar refractivity (Wildman–Crippen MR) is 105 cm³/mol. The van der Waals surface area contributed by atoms with E-state index in [9.17, 15) is 9.59 Å². The normalized spacial score (nSPS) is 10.3. The fraction of sp³-hybridized carbons (Fsp3) is 0.143. The Balaban J connectivity index is 1.51. The van der Waals surface area contributed by atoms with Gasteiger partial charge in [-0.25, -0.2) is 0 Å². The zero-order valence-corrected chi connectivity index (χ0v) is 15.6. The molecule has 0 saturated heterocycles. The number of methoxy groups -OCH3 is 1. The van der Waals surface area contributed by atoms with Gasteiger partial charge in [-0.05, 0) is 24.3 Å². The number of thiophene rings is 1. The number of ether oxygens (including phenoxy) is 2. The van der Waals surface area contributed by atoms with Gasteiger partial charge in [0.2, 0.25) is 5.78 Å². The van der Waals surface area contributed by atoms with Crippen molar-refractivity contribution < 1.29 is 19.1 Å². The van der Waals surface area contributed by atoms with E-state index < -0.39 is 0 Å². The minimum Gasteiger partial charge on any atom is -0.493 e. The van der Waals surface area contributed by atoms with Gasteiger partial charge in [0.1, 0.15) is 0 Å². The van der Waals surface area contributed by atoms with Crippen LogP contribution in [0.4, 0.5) is 0 Å². The standard InChI is InChI=1S/C21H19NO4S/c1-25-17-9-5-6-10-18(17)26-14-20(23)22-13-16-11-12-19(27-16)21(24)15-7-3-2-4-8-15/h2-12H,13-14H2,1H3,(H,22,23). The summed E-state index contributed by atoms with van der Waals surface area (Å²) in [5, 5.41) is 2.79. The zero-order valence-electron chi connectivity index (χ0n) is 14.8. The fourth-order valence-corrected chi connectivity index (χ4v) is 3.35. The number of amides is 1. The van der Waals surface area contributed by atoms with Crippen LogP contribution in [0.5, 0.6) is 11.5 Å². The van der Waals surface area contributed by atoms with E-state index in [-0.39, 0.29) is 18.3 Å². The Hall–Kier alpha value is -3.12. The molecule has 6 heteroatoms. The van der Waals surface area contributed by atoms with Crippen LogP contribution in [0.3, 0.4) is 0 Å². The van der Waals surface area contributed by atoms with Crippen molar-refractivity contribution >= 4 is 23.0 Å². The molecule has 0 aliphatic carbocycles. The summed E-state index contributed by atoms with van der Waals surface area (Å²) in [6.07, 6.45) is 0. The number of ketones is 1. The van der Waals surface area contributed by atoms with Crippen LogP contribution in [0.1, 0.15) is 20.1 Å². The van der Waals surface area contributed by atoms with Gasteiger partial charge in [0.15, 0.2) is 18.1 Å². The molecule has 3 rings (SSSR count). The van der Waals surface area contributed by atoms with Crippen molar-refractivity contribution in [2.75, 3.05) is 13.7 Å². The molecule has 0 atom stereocenters. The maximum Gasteiger partial charge on any atom is 0.258 e. The highest BCUT2D eigenvalue weighted by atomic mass is 32.1. The SMILES string of the molecule is COc1ccccc1OCC(=O)NCc1ccc(C(=O)c2ccccc2)s1. The first-order chi connectivity index (χ1) is 13.2. The number of nitrogens with one attached hydrogen (secondary N) is 1. The summed E-state index contributed by atoms with van der Waals surface area (Å²) in [6.45, 7) is 0.238. The van der Waals surface area contributed by atoms with E-state index in [0.717, 1.165) is 4.88 Å². The molecule has 1 amide bonds. The first-order valence-electron chi connectivity index (χ1n) is 8.38. The second kappa shape index (κ2) is 9.00. The molecule has 1 heterocycles. The number of carbonyl (C=O) groups is 2. The maximum absolute atomic E-state index is 12.4. The van der Waals surface area contributed by atoms with Crippen LogP contribution < -0.4 is 14.8 Å². The highest BCUT2D eigenvalue weighted by Crippen LogP contribution is 2.25. The van der Waals surface area contributed by atoms with Gasteiger partial charge < -0.3 is 14.8 Å². The molecule has 3 aromatic rings. The maximum atomic E-state index is 12.4. The number of hydrogen-bond donors (Lipinski definition) is 1. The first kappa shape index (κ1) is 18.7. The molecular weight excluding hydrogens is 362 g/mol. The van der Waals surface area contributed by atoms with Crippen molar-refractivity contribution in [1.29, 1.82) is 0 Å². The zero-order chi connectivity index (χ0) is 19.1. The largest absolute Gasteiger partial charge is 0.493 e. The third kappa shape index (κ3) is 4.95. The van der Waals surface area contributed by atoms with Crippen LogP contribution in [0.15, 0.2) is 66.7 Å². The Labute approximate surface area is 161 Å². The van der Waals surface area contributed by atoms with Crippen LogP contribution >= 0.6 is 11.3 Å². The summed E-state index contributed by atoms with van der Waals surface area (Å²) in [6, 6.07) is 19.9. The number of carbonyl (C=O) groups excluding carboxylic acids is 2. The van der Waals surface area contributed by atoms with E-state index in [0.29, 0.717) is 28.5 Å². The van der Waals surface area contributed by atoms with Gasteiger partial charge in [-0.2, -0.15) is 0 Å². The molecule has 1 aromatic heterocycles. The van der Waals surface area contributed by atoms with Crippen molar-refractivity contribution in [2.45, 2.75) is 6.54 Å². The molecule has 27 heavy (non-hydrogen) atoms. The van der Waals surface area contributed by atoms with Crippen LogP contribution in [0.2, 0.25) is 0 Å². The van der Waals surface area contributed by atoms with E-state index in [2.05, 4.69) is 5.32 Å². The van der Waals surface area contributed by atoms with Crippen molar-refractivity contribution in [3.05, 3.63) is 82.0 Å². The third-order valence-electron chi connectivity index (χ3n) is 3.81. The molecule has 0 fully saturated rings. The van der Waals surface area contributed by atoms with Crippen LogP contribution in [0.25, 0.3) is 0 Å². The second-order valence-corrected chi connectivity index (χ2v) is 6.85. The number of rotatable bonds is 8. The van der Waals surface area contributed by atoms with Crippen molar-refractivity contribution in [3.63, 3.8) is 0 Å². The summed E-state index contributed by atoms with van der Waals surface area (Å²) in [7, 11) is 1.55. The topological polar surface area (TPSA) is 64.6 Å². The molecule has 0 unspecified atom stereocenters. The third-order valence-corrected chi connectivity index (χ3v) is 4.89. The predicted octanol–water partition coefficient (Wildman–Crippen LogP) is 3.68. The lowest BCUT2D eigenvalue weighted by Gasteiger charge is -2.10. The van der Waals surface area contributed by atoms with E-state index in [1.807, 2.05) is 36.4 Å². The number of hydrogen-bond acceptors (Lipinski definition) is 5. The van der Waals surface area contributed by atoms with Crippen molar-refractivity contribution in [2.24, 2.45) is 0 Å². The molecule has 0 aliphatic heterocycles. The Morgan fingerprint density at radius 1 is 0.926 bits per heavy atom. The van der Waals surface area contributed by atoms with E-state index >= 15 is 0 Å². The summed E-state index contributed by atoms with van der Waals surface area (Å²) in [5.41, 5.74) is 0.653. The second-order valence-electron chi connectivity index (χ2n) is 5.68. The lowest BCUT2D eigenvalue weighted by atomic mass is 10.1. The monoisotopic (exact) mass is 381 g/mol. The van der Waals surface area contributed by atoms with Crippen LogP contribution in [0, 0.1) is 0 Å². The summed E-state index contributed by atoms with van der Waals surface area (Å²) in [4.78, 5) is 26.0. The fourth-order valence-electron chi connectivity index (χ4n) is 2.44. The smallest absolute Gasteiger partial charge is 0.258 e. The lowest BCUT2D eigenvalue weighted by molar-refractivity contribution is -0.123. The Morgan fingerprint density at radius 3 is 2.37 bits per heavy atom. The number of benzene rings is 2. The molecule has 0 aliphatic rings. The summed E-state index contributed by atoms with van der Waals surface area (Å²) >= 11 is 1.37. The van der Waals surface area contributed by atoms with E-state index in [1.54, 1.807) is 37.4 Å². The Bertz CT molecular complexity index is 921. The van der Waals surface area contributed by atoms with Gasteiger partial charge in [-0.1, -0.05) is 42.5 Å². The average Bonchev–Trinajstić information content (AvgIpc) is 3.20. The Kier molecular flexibility index (Phi) is 6.22. The molecule has 0 radical (unpaired) electrons. The molecule has 0 spiro atoms. The van der Waals surface area contributed by atoms with Gasteiger partial charge in [0.05, 0.1) is 18.5 Å². The van der Waals surface area contributed by atoms with Crippen LogP contribution in [-0.4, -0.2) is 25.4 Å². The van der Waals surface area contributed by atoms with Gasteiger partial charge >= 0.3 is 0 Å². The minimum absolute atomic E-state index is 0.0160. The number of para-hydroxylation sites is 2. The summed E-state index contributed by atoms with van der Waals surface area (Å²) < 4.78 is 10.7. The molecule has 0 saturated carbocycles. The highest BCUT2D eigenvalue weighted by Gasteiger charge is 2.12. The van der Waals surface area contributed by atoms with Gasteiger partial charge in [-0.3, -0.25) is 9.59 Å². The van der Waals surface area contributed by atoms with Gasteiger partial charge in [0, 0.05) is 10.4 Å². The molecule has 2 aromatic carbocycles. The molecule has 0 bridgehead atoms. The lowest BCUT2D eigenvalue weighted by Crippen LogP contribution is -2.28. The molecule has 1 N–H and O–H groups in total. The van der Waals surface area contributed by atoms with Crippen molar-refractivity contribution in [3.8, 4) is 11.5 Å². The molecule has 138 valence electrons. The summed E-state index contributed by atoms with van der Waals surface area (Å²) in [5.74, 6) is 0.831. The molecular formula is C21H19NO4S. The van der Waals surface area contributed by atoms with Gasteiger partial charge in [-0.15, -0.1) is 11.3 Å². The average molecular weight is 381 g/mol. The van der Waals surface area contributed by atoms with Gasteiger partial charge in [0.25, 0.3) is 5.91 Å². The van der Waals surface area contributed by atoms with Crippen LogP contribution in [-0.2, 0) is 11.3 Å². The van der Waals surface area contributed by atoms with E-state index in [1.165, 1.54) is 11.3 Å². The Morgan fingerprint density at radius 2 is 1.63 bits per heavy atom. The molecule has 5 nitrogen and oxygen atoms in total. The van der Waals surface area contributed by atoms with Crippen molar-refractivity contribution in [1.82, 2.24) is 5.32 Å². The first-order valence-corrected chi connectivity index (χ1v) is 9.20. The highest BCUT2D eigenvalue weighted by molar-refractivity contribution is 7.14. The van der Waals surface area contributed by atoms with E-state index in [4.69, 9.17) is 9.47 Å². The minimum atomic E-state index is -0.245. The quantitative estimate of drug-likeness (QED) is 0.605.